The minimum atomic E-state index is -0.851. The first-order valence-corrected chi connectivity index (χ1v) is 12.5. The van der Waals surface area contributed by atoms with Crippen LogP contribution in [0.2, 0.25) is 0 Å². The lowest BCUT2D eigenvalue weighted by molar-refractivity contribution is 0.207. The standard InChI is InChI=1S/C24H20F2N4OS.C2H6/c1-12-4-5-30(8-12)24-28-7-14-15-9-31-10-16(15)20(22(26)23(14)29-24)21-17(25)2-3-18-19(21)13(6-27)11-32-18;1-2/h2-3,7,11-12,23H,4-5,8-10H2,1H3,(H,28,29);1-2H3. The Morgan fingerprint density at radius 3 is 2.76 bits per heavy atom. The minimum absolute atomic E-state index is 0.139. The summed E-state index contributed by atoms with van der Waals surface area (Å²) in [5.41, 5.74) is 2.90. The van der Waals surface area contributed by atoms with Crippen molar-refractivity contribution in [3.05, 3.63) is 63.2 Å². The number of nitrogens with one attached hydrogen (secondary N) is 1. The van der Waals surface area contributed by atoms with Gasteiger partial charge in [-0.1, -0.05) is 20.8 Å². The maximum atomic E-state index is 16.2. The molecule has 0 radical (unpaired) electrons. The van der Waals surface area contributed by atoms with Gasteiger partial charge in [0.1, 0.15) is 23.8 Å². The van der Waals surface area contributed by atoms with Crippen LogP contribution in [0.4, 0.5) is 8.78 Å². The number of likely N-dealkylation sites (tertiary alicyclic amines) is 1. The first-order valence-electron chi connectivity index (χ1n) is 11.7. The van der Waals surface area contributed by atoms with E-state index in [4.69, 9.17) is 9.73 Å². The third-order valence-corrected chi connectivity index (χ3v) is 7.62. The Morgan fingerprint density at radius 1 is 1.24 bits per heavy atom. The number of guanidine groups is 1. The Morgan fingerprint density at radius 2 is 2.03 bits per heavy atom. The summed E-state index contributed by atoms with van der Waals surface area (Å²) in [4.78, 5) is 6.87. The van der Waals surface area contributed by atoms with Gasteiger partial charge in [-0.25, -0.2) is 13.8 Å². The molecule has 3 aliphatic heterocycles. The van der Waals surface area contributed by atoms with E-state index in [1.54, 1.807) is 11.4 Å². The predicted octanol–water partition coefficient (Wildman–Crippen LogP) is 5.51. The molecule has 0 spiro atoms. The second-order valence-corrected chi connectivity index (χ2v) is 9.58. The van der Waals surface area contributed by atoms with Gasteiger partial charge in [0, 0.05) is 51.5 Å². The van der Waals surface area contributed by atoms with Crippen molar-refractivity contribution in [3.8, 4) is 6.07 Å². The van der Waals surface area contributed by atoms with Gasteiger partial charge in [-0.15, -0.1) is 11.3 Å². The maximum Gasteiger partial charge on any atom is 0.199 e. The van der Waals surface area contributed by atoms with Crippen molar-refractivity contribution in [2.75, 3.05) is 26.3 Å². The fraction of sp³-hybridized carbons (Fsp3) is 0.385. The molecule has 1 aliphatic carbocycles. The molecule has 2 unspecified atom stereocenters. The zero-order valence-electron chi connectivity index (χ0n) is 19.4. The number of nitriles is 1. The van der Waals surface area contributed by atoms with Crippen LogP contribution in [0.25, 0.3) is 15.7 Å². The molecule has 0 amide bonds. The second kappa shape index (κ2) is 8.97. The summed E-state index contributed by atoms with van der Waals surface area (Å²) in [7, 11) is 0. The number of halogens is 2. The first-order chi connectivity index (χ1) is 16.6. The number of hydrogen-bond acceptors (Lipinski definition) is 6. The highest BCUT2D eigenvalue weighted by Crippen LogP contribution is 2.48. The number of ether oxygens (including phenoxy) is 1. The average molecular weight is 481 g/mol. The predicted molar refractivity (Wildman–Crippen MR) is 132 cm³/mol. The molecule has 1 N–H and O–H groups in total. The van der Waals surface area contributed by atoms with Gasteiger partial charge in [0.25, 0.3) is 0 Å². The molecular weight excluding hydrogens is 454 g/mol. The number of hydrogen-bond donors (Lipinski definition) is 1. The van der Waals surface area contributed by atoms with Crippen LogP contribution >= 0.6 is 11.3 Å². The first kappa shape index (κ1) is 22.8. The van der Waals surface area contributed by atoms with E-state index < -0.39 is 17.7 Å². The molecule has 2 aromatic rings. The average Bonchev–Trinajstić information content (AvgIpc) is 3.61. The Bertz CT molecular complexity index is 1330. The largest absolute Gasteiger partial charge is 0.372 e. The van der Waals surface area contributed by atoms with Crippen molar-refractivity contribution in [2.24, 2.45) is 10.9 Å². The Balaban J connectivity index is 0.00000117. The zero-order chi connectivity index (χ0) is 24.0. The van der Waals surface area contributed by atoms with Gasteiger partial charge >= 0.3 is 0 Å². The van der Waals surface area contributed by atoms with E-state index in [0.717, 1.165) is 35.4 Å². The number of nitrogens with zero attached hydrogens (tertiary/aromatic N) is 3. The molecule has 1 fully saturated rings. The molecular formula is C26H26F2N4OS. The van der Waals surface area contributed by atoms with Crippen molar-refractivity contribution in [3.63, 3.8) is 0 Å². The van der Waals surface area contributed by atoms with Gasteiger partial charge < -0.3 is 15.0 Å². The van der Waals surface area contributed by atoms with Crippen LogP contribution < -0.4 is 5.32 Å². The lowest BCUT2D eigenvalue weighted by Crippen LogP contribution is -2.42. The van der Waals surface area contributed by atoms with Crippen molar-refractivity contribution in [1.82, 2.24) is 10.2 Å². The Kier molecular flexibility index (Phi) is 6.00. The zero-order valence-corrected chi connectivity index (χ0v) is 20.2. The SMILES string of the molecule is CC.CC1CCN(C2=NC3C(=CN2)C2=C(COC2)C(c2c(F)ccc4scc(C#N)c24)=C3F)C1. The molecule has 176 valence electrons. The van der Waals surface area contributed by atoms with Gasteiger partial charge in [0.15, 0.2) is 5.96 Å². The van der Waals surface area contributed by atoms with Crippen LogP contribution in [-0.4, -0.2) is 43.2 Å². The van der Waals surface area contributed by atoms with Crippen molar-refractivity contribution in [2.45, 2.75) is 33.2 Å². The lowest BCUT2D eigenvalue weighted by atomic mass is 9.81. The van der Waals surface area contributed by atoms with E-state index >= 15 is 8.78 Å². The van der Waals surface area contributed by atoms with E-state index in [9.17, 15) is 5.26 Å². The summed E-state index contributed by atoms with van der Waals surface area (Å²) in [6, 6.07) is 4.27. The number of thiophene rings is 1. The van der Waals surface area contributed by atoms with Crippen LogP contribution in [0.15, 0.2) is 51.3 Å². The second-order valence-electron chi connectivity index (χ2n) is 8.67. The number of fused-ring (bicyclic) bond motifs is 3. The molecule has 6 rings (SSSR count). The summed E-state index contributed by atoms with van der Waals surface area (Å²) in [5.74, 6) is 0.162. The topological polar surface area (TPSA) is 60.6 Å². The maximum absolute atomic E-state index is 16.2. The molecule has 1 saturated heterocycles. The van der Waals surface area contributed by atoms with Crippen LogP contribution in [0.3, 0.4) is 0 Å². The molecule has 5 nitrogen and oxygen atoms in total. The van der Waals surface area contributed by atoms with Gasteiger partial charge in [0.2, 0.25) is 0 Å². The van der Waals surface area contributed by atoms with Gasteiger partial charge in [-0.05, 0) is 35.6 Å². The fourth-order valence-electron chi connectivity index (χ4n) is 5.09. The molecule has 34 heavy (non-hydrogen) atoms. The molecule has 4 heterocycles. The van der Waals surface area contributed by atoms with Crippen molar-refractivity contribution >= 4 is 33.0 Å². The van der Waals surface area contributed by atoms with Crippen LogP contribution in [0, 0.1) is 23.1 Å². The summed E-state index contributed by atoms with van der Waals surface area (Å²) < 4.78 is 38.0. The van der Waals surface area contributed by atoms with Crippen molar-refractivity contribution < 1.29 is 13.5 Å². The summed E-state index contributed by atoms with van der Waals surface area (Å²) in [6.45, 7) is 8.45. The number of aliphatic imine (C=N–C) groups is 1. The van der Waals surface area contributed by atoms with E-state index in [1.807, 2.05) is 20.0 Å². The van der Waals surface area contributed by atoms with Crippen LogP contribution in [-0.2, 0) is 4.74 Å². The summed E-state index contributed by atoms with van der Waals surface area (Å²) >= 11 is 1.35. The fourth-order valence-corrected chi connectivity index (χ4v) is 5.98. The lowest BCUT2D eigenvalue weighted by Gasteiger charge is -2.32. The molecule has 2 atom stereocenters. The molecule has 0 saturated carbocycles. The smallest absolute Gasteiger partial charge is 0.199 e. The van der Waals surface area contributed by atoms with Gasteiger partial charge in [-0.2, -0.15) is 5.26 Å². The Labute approximate surface area is 201 Å². The molecule has 0 bridgehead atoms. The highest BCUT2D eigenvalue weighted by molar-refractivity contribution is 7.17. The van der Waals surface area contributed by atoms with Gasteiger partial charge in [-0.3, -0.25) is 0 Å². The molecule has 1 aromatic carbocycles. The molecule has 4 aliphatic rings. The van der Waals surface area contributed by atoms with Gasteiger partial charge in [0.05, 0.1) is 18.8 Å². The highest BCUT2D eigenvalue weighted by Gasteiger charge is 2.40. The monoisotopic (exact) mass is 480 g/mol. The van der Waals surface area contributed by atoms with Crippen LogP contribution in [0.5, 0.6) is 0 Å². The minimum Gasteiger partial charge on any atom is -0.372 e. The third kappa shape index (κ3) is 3.46. The third-order valence-electron chi connectivity index (χ3n) is 6.67. The van der Waals surface area contributed by atoms with E-state index in [-0.39, 0.29) is 17.7 Å². The van der Waals surface area contributed by atoms with E-state index in [0.29, 0.717) is 35.0 Å². The van der Waals surface area contributed by atoms with Crippen LogP contribution in [0.1, 0.15) is 38.3 Å². The summed E-state index contributed by atoms with van der Waals surface area (Å²) in [6.07, 6.45) is 2.88. The Hall–Kier alpha value is -3.02. The highest BCUT2D eigenvalue weighted by atomic mass is 32.1. The molecule has 8 heteroatoms. The van der Waals surface area contributed by atoms with Crippen molar-refractivity contribution in [1.29, 1.82) is 5.26 Å². The molecule has 1 aromatic heterocycles. The van der Waals surface area contributed by atoms with E-state index in [2.05, 4.69) is 23.2 Å². The van der Waals surface area contributed by atoms with E-state index in [1.165, 1.54) is 17.4 Å². The quantitative estimate of drug-likeness (QED) is 0.585. The number of rotatable bonds is 1. The number of benzene rings is 1. The normalized spacial score (nSPS) is 23.6. The summed E-state index contributed by atoms with van der Waals surface area (Å²) in [5, 5.41) is 15.0.